The molecule has 26 heavy (non-hydrogen) atoms. The van der Waals surface area contributed by atoms with E-state index in [9.17, 15) is 14.4 Å². The van der Waals surface area contributed by atoms with E-state index in [-0.39, 0.29) is 23.1 Å². The van der Waals surface area contributed by atoms with Gasteiger partial charge in [-0.1, -0.05) is 34.1 Å². The summed E-state index contributed by atoms with van der Waals surface area (Å²) in [5.41, 5.74) is -0.0332. The molecule has 148 valence electrons. The van der Waals surface area contributed by atoms with Crippen LogP contribution in [0, 0.1) is 24.7 Å². The molecule has 0 aromatic carbocycles. The van der Waals surface area contributed by atoms with E-state index in [1.54, 1.807) is 11.5 Å². The molecule has 0 radical (unpaired) electrons. The Bertz CT molecular complexity index is 673. The molecule has 1 rings (SSSR count). The van der Waals surface area contributed by atoms with Crippen LogP contribution in [0.3, 0.4) is 0 Å². The van der Waals surface area contributed by atoms with E-state index in [0.717, 1.165) is 32.1 Å². The van der Waals surface area contributed by atoms with Crippen LogP contribution in [0.15, 0.2) is 15.7 Å². The summed E-state index contributed by atoms with van der Waals surface area (Å²) in [6.45, 7) is 11.2. The SMILES string of the molecule is Cc1cc(=O)[nH]c(=O)n1CCCCCCOC(=O)C(CC(C)C)C(C)C. The predicted octanol–water partition coefficient (Wildman–Crippen LogP) is 3.27. The number of carbonyl (C=O) groups is 1. The molecule has 6 nitrogen and oxygen atoms in total. The van der Waals surface area contributed by atoms with Crippen molar-refractivity contribution in [3.05, 3.63) is 32.6 Å². The van der Waals surface area contributed by atoms with Gasteiger partial charge in [-0.3, -0.25) is 19.1 Å². The highest BCUT2D eigenvalue weighted by Crippen LogP contribution is 2.21. The number of unbranched alkanes of at least 4 members (excludes halogenated alkanes) is 3. The van der Waals surface area contributed by atoms with Crippen molar-refractivity contribution in [1.29, 1.82) is 0 Å². The number of aryl methyl sites for hydroxylation is 1. The first-order valence-electron chi connectivity index (χ1n) is 9.69. The van der Waals surface area contributed by atoms with Crippen LogP contribution in [-0.4, -0.2) is 22.1 Å². The van der Waals surface area contributed by atoms with Gasteiger partial charge in [-0.15, -0.1) is 0 Å². The average Bonchev–Trinajstić information content (AvgIpc) is 2.52. The van der Waals surface area contributed by atoms with Crippen LogP contribution >= 0.6 is 0 Å². The topological polar surface area (TPSA) is 81.2 Å². The van der Waals surface area contributed by atoms with Crippen molar-refractivity contribution < 1.29 is 9.53 Å². The lowest BCUT2D eigenvalue weighted by Crippen LogP contribution is -2.31. The van der Waals surface area contributed by atoms with Crippen molar-refractivity contribution in [2.24, 2.45) is 17.8 Å². The fourth-order valence-corrected chi connectivity index (χ4v) is 3.07. The van der Waals surface area contributed by atoms with Crippen molar-refractivity contribution in [3.63, 3.8) is 0 Å². The Hall–Kier alpha value is -1.85. The Kier molecular flexibility index (Phi) is 9.38. The Morgan fingerprint density at radius 1 is 1.12 bits per heavy atom. The molecular weight excluding hydrogens is 332 g/mol. The number of hydrogen-bond donors (Lipinski definition) is 1. The van der Waals surface area contributed by atoms with E-state index < -0.39 is 0 Å². The molecule has 1 atom stereocenters. The maximum absolute atomic E-state index is 12.2. The van der Waals surface area contributed by atoms with Crippen molar-refractivity contribution in [1.82, 2.24) is 9.55 Å². The maximum Gasteiger partial charge on any atom is 0.328 e. The lowest BCUT2D eigenvalue weighted by atomic mass is 9.88. The number of hydrogen-bond acceptors (Lipinski definition) is 4. The zero-order valence-electron chi connectivity index (χ0n) is 16.8. The number of aromatic nitrogens is 2. The monoisotopic (exact) mass is 366 g/mol. The van der Waals surface area contributed by atoms with Crippen molar-refractivity contribution >= 4 is 5.97 Å². The molecular formula is C20H34N2O4. The van der Waals surface area contributed by atoms with E-state index in [2.05, 4.69) is 32.7 Å². The van der Waals surface area contributed by atoms with Gasteiger partial charge in [-0.2, -0.15) is 0 Å². The van der Waals surface area contributed by atoms with Crippen LogP contribution in [0.2, 0.25) is 0 Å². The zero-order chi connectivity index (χ0) is 19.7. The van der Waals surface area contributed by atoms with Crippen LogP contribution in [0.5, 0.6) is 0 Å². The van der Waals surface area contributed by atoms with Gasteiger partial charge < -0.3 is 4.74 Å². The first-order chi connectivity index (χ1) is 12.2. The Balaban J connectivity index is 2.26. The molecule has 0 aliphatic heterocycles. The van der Waals surface area contributed by atoms with E-state index in [1.165, 1.54) is 6.07 Å². The number of esters is 1. The lowest BCUT2D eigenvalue weighted by molar-refractivity contribution is -0.151. The molecule has 0 spiro atoms. The van der Waals surface area contributed by atoms with Crippen molar-refractivity contribution in [2.45, 2.75) is 73.3 Å². The Labute approximate surface area is 156 Å². The van der Waals surface area contributed by atoms with Crippen LogP contribution < -0.4 is 11.2 Å². The smallest absolute Gasteiger partial charge is 0.328 e. The summed E-state index contributed by atoms with van der Waals surface area (Å²) in [4.78, 5) is 37.4. The van der Waals surface area contributed by atoms with E-state index in [4.69, 9.17) is 4.74 Å². The summed E-state index contributed by atoms with van der Waals surface area (Å²) in [6.07, 6.45) is 4.44. The quantitative estimate of drug-likeness (QED) is 0.481. The minimum Gasteiger partial charge on any atom is -0.465 e. The summed E-state index contributed by atoms with van der Waals surface area (Å²) >= 11 is 0. The van der Waals surface area contributed by atoms with Gasteiger partial charge in [0.2, 0.25) is 0 Å². The Morgan fingerprint density at radius 2 is 1.77 bits per heavy atom. The fourth-order valence-electron chi connectivity index (χ4n) is 3.07. The summed E-state index contributed by atoms with van der Waals surface area (Å²) in [7, 11) is 0. The van der Waals surface area contributed by atoms with Gasteiger partial charge >= 0.3 is 11.7 Å². The highest BCUT2D eigenvalue weighted by molar-refractivity contribution is 5.72. The second-order valence-electron chi connectivity index (χ2n) is 7.79. The van der Waals surface area contributed by atoms with Gasteiger partial charge in [0.05, 0.1) is 12.5 Å². The normalized spacial score (nSPS) is 12.6. The minimum absolute atomic E-state index is 0.0231. The molecule has 6 heteroatoms. The maximum atomic E-state index is 12.2. The molecule has 1 heterocycles. The van der Waals surface area contributed by atoms with Gasteiger partial charge in [0, 0.05) is 18.3 Å². The highest BCUT2D eigenvalue weighted by atomic mass is 16.5. The molecule has 1 N–H and O–H groups in total. The van der Waals surface area contributed by atoms with Gasteiger partial charge in [0.25, 0.3) is 5.56 Å². The second-order valence-corrected chi connectivity index (χ2v) is 7.79. The van der Waals surface area contributed by atoms with Crippen molar-refractivity contribution in [2.75, 3.05) is 6.61 Å². The summed E-state index contributed by atoms with van der Waals surface area (Å²) in [5.74, 6) is 0.674. The van der Waals surface area contributed by atoms with Crippen LogP contribution in [0.25, 0.3) is 0 Å². The van der Waals surface area contributed by atoms with E-state index >= 15 is 0 Å². The lowest BCUT2D eigenvalue weighted by Gasteiger charge is -2.21. The standard InChI is InChI=1S/C20H34N2O4/c1-14(2)12-17(15(3)4)19(24)26-11-9-7-6-8-10-22-16(5)13-18(23)21-20(22)25/h13-15,17H,6-12H2,1-5H3,(H,21,23,25). The second kappa shape index (κ2) is 11.0. The number of nitrogens with one attached hydrogen (secondary N) is 1. The largest absolute Gasteiger partial charge is 0.465 e. The predicted molar refractivity (Wildman–Crippen MR) is 103 cm³/mol. The number of aromatic amines is 1. The zero-order valence-corrected chi connectivity index (χ0v) is 16.8. The first-order valence-corrected chi connectivity index (χ1v) is 9.69. The number of rotatable bonds is 11. The Morgan fingerprint density at radius 3 is 2.35 bits per heavy atom. The van der Waals surface area contributed by atoms with Crippen LogP contribution in [0.1, 0.15) is 65.5 Å². The molecule has 0 amide bonds. The third kappa shape index (κ3) is 7.58. The van der Waals surface area contributed by atoms with Crippen LogP contribution in [0.4, 0.5) is 0 Å². The molecule has 1 aromatic heterocycles. The minimum atomic E-state index is -0.359. The molecule has 0 bridgehead atoms. The fraction of sp³-hybridized carbons (Fsp3) is 0.750. The number of carbonyl (C=O) groups excluding carboxylic acids is 1. The van der Waals surface area contributed by atoms with Crippen molar-refractivity contribution in [3.8, 4) is 0 Å². The number of ether oxygens (including phenoxy) is 1. The van der Waals surface area contributed by atoms with E-state index in [1.807, 2.05) is 0 Å². The first kappa shape index (κ1) is 22.2. The molecule has 0 fully saturated rings. The molecule has 1 unspecified atom stereocenters. The summed E-state index contributed by atoms with van der Waals surface area (Å²) in [6, 6.07) is 1.43. The highest BCUT2D eigenvalue weighted by Gasteiger charge is 2.24. The van der Waals surface area contributed by atoms with E-state index in [0.29, 0.717) is 30.7 Å². The third-order valence-electron chi connectivity index (χ3n) is 4.59. The van der Waals surface area contributed by atoms with Gasteiger partial charge in [-0.25, -0.2) is 4.79 Å². The average molecular weight is 367 g/mol. The molecule has 0 saturated carbocycles. The molecule has 0 aliphatic rings. The van der Waals surface area contributed by atoms with Crippen LogP contribution in [-0.2, 0) is 16.1 Å². The van der Waals surface area contributed by atoms with Gasteiger partial charge in [-0.05, 0) is 44.4 Å². The van der Waals surface area contributed by atoms with Gasteiger partial charge in [0.15, 0.2) is 0 Å². The molecule has 0 saturated heterocycles. The molecule has 0 aliphatic carbocycles. The molecule has 1 aromatic rings. The number of nitrogens with zero attached hydrogens (tertiary/aromatic N) is 1. The third-order valence-corrected chi connectivity index (χ3v) is 4.59. The van der Waals surface area contributed by atoms with Gasteiger partial charge in [0.1, 0.15) is 0 Å². The summed E-state index contributed by atoms with van der Waals surface area (Å²) < 4.78 is 7.03. The summed E-state index contributed by atoms with van der Waals surface area (Å²) in [5, 5.41) is 0. The number of H-pyrrole nitrogens is 1.